The van der Waals surface area contributed by atoms with Gasteiger partial charge in [0.2, 0.25) is 11.9 Å². The van der Waals surface area contributed by atoms with E-state index < -0.39 is 26.7 Å². The zero-order chi connectivity index (χ0) is 19.3. The predicted molar refractivity (Wildman–Crippen MR) is 105 cm³/mol. The van der Waals surface area contributed by atoms with Gasteiger partial charge in [-0.05, 0) is 39.1 Å². The molecule has 1 heterocycles. The van der Waals surface area contributed by atoms with E-state index in [1.165, 1.54) is 0 Å². The molecule has 2 aromatic rings. The van der Waals surface area contributed by atoms with E-state index in [1.807, 2.05) is 28.8 Å². The molecule has 7 nitrogen and oxygen atoms in total. The zero-order valence-corrected chi connectivity index (χ0v) is 16.7. The fourth-order valence-corrected chi connectivity index (χ4v) is 3.46. The summed E-state index contributed by atoms with van der Waals surface area (Å²) >= 11 is 0. The second kappa shape index (κ2) is 8.64. The average Bonchev–Trinajstić information content (AvgIpc) is 2.92. The average molecular weight is 381 g/mol. The fourth-order valence-electron chi connectivity index (χ4n) is 2.69. The maximum Gasteiger partial charge on any atom is 0.241 e. The highest BCUT2D eigenvalue weighted by molar-refractivity contribution is 7.92. The van der Waals surface area contributed by atoms with Crippen LogP contribution in [0.25, 0.3) is 11.0 Å². The normalized spacial score (nSPS) is 12.2. The van der Waals surface area contributed by atoms with Crippen molar-refractivity contribution >= 4 is 32.7 Å². The minimum atomic E-state index is -3.45. The lowest BCUT2D eigenvalue weighted by Gasteiger charge is -2.19. The van der Waals surface area contributed by atoms with Gasteiger partial charge in [0.1, 0.15) is 5.75 Å². The van der Waals surface area contributed by atoms with Crippen molar-refractivity contribution in [2.45, 2.75) is 39.5 Å². The number of amides is 1. The Kier molecular flexibility index (Phi) is 6.77. The first-order valence-electron chi connectivity index (χ1n) is 8.97. The Labute approximate surface area is 155 Å². The molecule has 0 spiro atoms. The number of fused-ring (bicyclic) bond motifs is 1. The van der Waals surface area contributed by atoms with Gasteiger partial charge in [-0.15, -0.1) is 0 Å². The summed E-state index contributed by atoms with van der Waals surface area (Å²) in [7, 11) is -3.45. The fraction of sp³-hybridized carbons (Fsp3) is 0.556. The van der Waals surface area contributed by atoms with E-state index in [-0.39, 0.29) is 0 Å². The largest absolute Gasteiger partial charge is 0.309 e. The van der Waals surface area contributed by atoms with Crippen LogP contribution in [-0.4, -0.2) is 59.4 Å². The Hall–Kier alpha value is -1.93. The number of anilines is 1. The number of nitrogens with one attached hydrogen (secondary N) is 1. The third kappa shape index (κ3) is 4.82. The highest BCUT2D eigenvalue weighted by Gasteiger charge is 2.22. The third-order valence-corrected chi connectivity index (χ3v) is 6.59. The molecule has 0 unspecified atom stereocenters. The molecule has 0 bridgehead atoms. The Balaban J connectivity index is 2.25. The van der Waals surface area contributed by atoms with Gasteiger partial charge in [0.25, 0.3) is 0 Å². The van der Waals surface area contributed by atoms with Gasteiger partial charge < -0.3 is 9.47 Å². The van der Waals surface area contributed by atoms with Crippen LogP contribution < -0.4 is 5.32 Å². The number of imidazole rings is 1. The molecule has 1 amide bonds. The molecule has 144 valence electrons. The lowest BCUT2D eigenvalue weighted by molar-refractivity contribution is -0.114. The number of hydrogen-bond acceptors (Lipinski definition) is 5. The van der Waals surface area contributed by atoms with Crippen molar-refractivity contribution in [1.82, 2.24) is 14.5 Å². The molecule has 1 aromatic carbocycles. The molecular weight excluding hydrogens is 352 g/mol. The first kappa shape index (κ1) is 20.4. The van der Waals surface area contributed by atoms with E-state index in [9.17, 15) is 13.2 Å². The van der Waals surface area contributed by atoms with Crippen molar-refractivity contribution in [3.8, 4) is 0 Å². The second-order valence-corrected chi connectivity index (χ2v) is 9.06. The first-order valence-corrected chi connectivity index (χ1v) is 10.7. The molecule has 0 atom stereocenters. The van der Waals surface area contributed by atoms with Crippen molar-refractivity contribution in [3.63, 3.8) is 0 Å². The Bertz CT molecular complexity index is 854. The summed E-state index contributed by atoms with van der Waals surface area (Å²) in [6, 6.07) is 7.64. The predicted octanol–water partition coefficient (Wildman–Crippen LogP) is 2.14. The van der Waals surface area contributed by atoms with Crippen LogP contribution in [0.4, 0.5) is 5.95 Å². The molecule has 1 aromatic heterocycles. The molecule has 8 heteroatoms. The van der Waals surface area contributed by atoms with Gasteiger partial charge in [-0.1, -0.05) is 26.0 Å². The van der Waals surface area contributed by atoms with E-state index >= 15 is 0 Å². The Morgan fingerprint density at radius 1 is 1.23 bits per heavy atom. The summed E-state index contributed by atoms with van der Waals surface area (Å²) in [4.78, 5) is 19.0. The van der Waals surface area contributed by atoms with Crippen LogP contribution in [-0.2, 0) is 21.2 Å². The minimum Gasteiger partial charge on any atom is -0.309 e. The molecule has 0 aliphatic rings. The van der Waals surface area contributed by atoms with Gasteiger partial charge in [-0.25, -0.2) is 13.4 Å². The van der Waals surface area contributed by atoms with Crippen molar-refractivity contribution < 1.29 is 13.2 Å². The van der Waals surface area contributed by atoms with Crippen molar-refractivity contribution in [3.05, 3.63) is 24.3 Å². The van der Waals surface area contributed by atoms with Gasteiger partial charge in [0, 0.05) is 13.1 Å². The SMILES string of the molecule is CCN(CC)CCn1c(NC(=O)CS(=O)(=O)C(C)C)nc2ccccc21. The molecular formula is C18H28N4O3S. The summed E-state index contributed by atoms with van der Waals surface area (Å²) in [5, 5.41) is 2.10. The van der Waals surface area contributed by atoms with E-state index in [2.05, 4.69) is 29.0 Å². The molecule has 0 aliphatic carbocycles. The quantitative estimate of drug-likeness (QED) is 0.720. The van der Waals surface area contributed by atoms with Crippen molar-refractivity contribution in [2.75, 3.05) is 30.7 Å². The van der Waals surface area contributed by atoms with Crippen molar-refractivity contribution in [1.29, 1.82) is 0 Å². The highest BCUT2D eigenvalue weighted by atomic mass is 32.2. The Morgan fingerprint density at radius 2 is 1.88 bits per heavy atom. The van der Waals surface area contributed by atoms with Crippen LogP contribution in [0.5, 0.6) is 0 Å². The summed E-state index contributed by atoms with van der Waals surface area (Å²) in [6.45, 7) is 10.7. The topological polar surface area (TPSA) is 84.3 Å². The van der Waals surface area contributed by atoms with Crippen LogP contribution in [0, 0.1) is 0 Å². The number of carbonyl (C=O) groups is 1. The molecule has 0 fully saturated rings. The number of nitrogens with zero attached hydrogens (tertiary/aromatic N) is 3. The molecule has 0 saturated heterocycles. The monoisotopic (exact) mass is 380 g/mol. The summed E-state index contributed by atoms with van der Waals surface area (Å²) in [6.07, 6.45) is 0. The lowest BCUT2D eigenvalue weighted by Crippen LogP contribution is -2.30. The second-order valence-electron chi connectivity index (χ2n) is 6.51. The summed E-state index contributed by atoms with van der Waals surface area (Å²) in [5.41, 5.74) is 1.69. The number of hydrogen-bond donors (Lipinski definition) is 1. The number of para-hydroxylation sites is 2. The van der Waals surface area contributed by atoms with Gasteiger partial charge in [0.15, 0.2) is 9.84 Å². The zero-order valence-electron chi connectivity index (χ0n) is 15.9. The van der Waals surface area contributed by atoms with Crippen LogP contribution >= 0.6 is 0 Å². The minimum absolute atomic E-state index is 0.391. The smallest absolute Gasteiger partial charge is 0.241 e. The van der Waals surface area contributed by atoms with Gasteiger partial charge in [-0.3, -0.25) is 10.1 Å². The van der Waals surface area contributed by atoms with Crippen LogP contribution in [0.3, 0.4) is 0 Å². The highest BCUT2D eigenvalue weighted by Crippen LogP contribution is 2.20. The standard InChI is InChI=1S/C18H28N4O3S/c1-5-21(6-2)11-12-22-16-10-8-7-9-15(16)19-18(22)20-17(23)13-26(24,25)14(3)4/h7-10,14H,5-6,11-13H2,1-4H3,(H,19,20,23). The van der Waals surface area contributed by atoms with E-state index in [4.69, 9.17) is 0 Å². The first-order chi connectivity index (χ1) is 12.3. The molecule has 0 radical (unpaired) electrons. The Morgan fingerprint density at radius 3 is 2.50 bits per heavy atom. The lowest BCUT2D eigenvalue weighted by atomic mass is 10.3. The van der Waals surface area contributed by atoms with Crippen LogP contribution in [0.15, 0.2) is 24.3 Å². The maximum absolute atomic E-state index is 12.3. The number of carbonyl (C=O) groups excluding carboxylic acids is 1. The molecule has 2 rings (SSSR count). The number of sulfone groups is 1. The number of aromatic nitrogens is 2. The van der Waals surface area contributed by atoms with Crippen molar-refractivity contribution in [2.24, 2.45) is 0 Å². The van der Waals surface area contributed by atoms with Gasteiger partial charge in [-0.2, -0.15) is 0 Å². The molecule has 0 aliphatic heterocycles. The summed E-state index contributed by atoms with van der Waals surface area (Å²) in [5.74, 6) is -0.704. The maximum atomic E-state index is 12.3. The number of likely N-dealkylation sites (N-methyl/N-ethyl adjacent to an activating group) is 1. The summed E-state index contributed by atoms with van der Waals surface area (Å²) < 4.78 is 25.9. The molecule has 26 heavy (non-hydrogen) atoms. The van der Waals surface area contributed by atoms with Gasteiger partial charge in [0.05, 0.1) is 16.3 Å². The van der Waals surface area contributed by atoms with Gasteiger partial charge >= 0.3 is 0 Å². The van der Waals surface area contributed by atoms with Crippen LogP contribution in [0.1, 0.15) is 27.7 Å². The third-order valence-electron chi connectivity index (χ3n) is 4.49. The van der Waals surface area contributed by atoms with Crippen LogP contribution in [0.2, 0.25) is 0 Å². The van der Waals surface area contributed by atoms with E-state index in [1.54, 1.807) is 13.8 Å². The number of benzene rings is 1. The number of rotatable bonds is 9. The van der Waals surface area contributed by atoms with E-state index in [0.29, 0.717) is 12.5 Å². The molecule has 1 N–H and O–H groups in total. The van der Waals surface area contributed by atoms with E-state index in [0.717, 1.165) is 30.7 Å². The molecule has 0 saturated carbocycles.